The normalized spacial score (nSPS) is 20.9. The van der Waals surface area contributed by atoms with Crippen molar-refractivity contribution in [3.8, 4) is 0 Å². The van der Waals surface area contributed by atoms with Crippen LogP contribution < -0.4 is 34.6 Å². The summed E-state index contributed by atoms with van der Waals surface area (Å²) in [5.74, 6) is 0. The molecule has 0 amide bonds. The van der Waals surface area contributed by atoms with E-state index >= 15 is 0 Å². The number of thioether (sulfide) groups is 1. The fourth-order valence-electron chi connectivity index (χ4n) is 3.59. The van der Waals surface area contributed by atoms with Crippen LogP contribution in [0.25, 0.3) is 0 Å². The molecule has 25 heavy (non-hydrogen) atoms. The van der Waals surface area contributed by atoms with E-state index in [0.717, 1.165) is 0 Å². The van der Waals surface area contributed by atoms with Crippen LogP contribution in [0.4, 0.5) is 5.69 Å². The third-order valence-corrected chi connectivity index (χ3v) is 5.82. The molecule has 1 aliphatic rings. The lowest BCUT2D eigenvalue weighted by Crippen LogP contribution is -3.28. The van der Waals surface area contributed by atoms with Crippen LogP contribution in [0.5, 0.6) is 0 Å². The molecular formula is C20H28Cl2N2S. The molecule has 1 saturated heterocycles. The summed E-state index contributed by atoms with van der Waals surface area (Å²) in [4.78, 5) is 4.76. The molecule has 1 heterocycles. The van der Waals surface area contributed by atoms with Crippen LogP contribution in [0.3, 0.4) is 0 Å². The number of halogens is 2. The van der Waals surface area contributed by atoms with Gasteiger partial charge >= 0.3 is 0 Å². The van der Waals surface area contributed by atoms with E-state index in [1.54, 1.807) is 9.80 Å². The minimum atomic E-state index is 0. The predicted octanol–water partition coefficient (Wildman–Crippen LogP) is -4.54. The molecule has 2 aromatic rings. The minimum absolute atomic E-state index is 0. The molecule has 138 valence electrons. The van der Waals surface area contributed by atoms with Crippen molar-refractivity contribution >= 4 is 17.4 Å². The zero-order chi connectivity index (χ0) is 16.1. The highest BCUT2D eigenvalue weighted by molar-refractivity contribution is 7.98. The van der Waals surface area contributed by atoms with Crippen molar-refractivity contribution in [3.05, 3.63) is 60.2 Å². The summed E-state index contributed by atoms with van der Waals surface area (Å²) < 4.78 is 0. The van der Waals surface area contributed by atoms with Gasteiger partial charge in [-0.05, 0) is 30.9 Å². The van der Waals surface area contributed by atoms with Gasteiger partial charge in [0.1, 0.15) is 31.9 Å². The molecule has 0 saturated carbocycles. The van der Waals surface area contributed by atoms with Crippen LogP contribution in [0.2, 0.25) is 0 Å². The molecule has 0 bridgehead atoms. The Morgan fingerprint density at radius 3 is 2.04 bits per heavy atom. The molecule has 1 fully saturated rings. The first-order valence-corrected chi connectivity index (χ1v) is 9.86. The Morgan fingerprint density at radius 2 is 1.48 bits per heavy atom. The summed E-state index contributed by atoms with van der Waals surface area (Å²) in [5, 5.41) is 0. The van der Waals surface area contributed by atoms with Gasteiger partial charge in [0.05, 0.1) is 6.04 Å². The van der Waals surface area contributed by atoms with Crippen molar-refractivity contribution in [2.75, 3.05) is 32.4 Å². The maximum Gasteiger partial charge on any atom is 0.132 e. The Balaban J connectivity index is 0.00000156. The first-order valence-electron chi connectivity index (χ1n) is 8.64. The largest absolute Gasteiger partial charge is 1.00 e. The summed E-state index contributed by atoms with van der Waals surface area (Å²) in [6.45, 7) is 7.43. The second-order valence-electron chi connectivity index (χ2n) is 6.58. The highest BCUT2D eigenvalue weighted by Crippen LogP contribution is 2.15. The second-order valence-corrected chi connectivity index (χ2v) is 7.46. The number of nitrogens with one attached hydrogen (secondary N) is 2. The summed E-state index contributed by atoms with van der Waals surface area (Å²) in [6, 6.07) is 20.7. The van der Waals surface area contributed by atoms with E-state index in [1.807, 2.05) is 11.8 Å². The van der Waals surface area contributed by atoms with E-state index < -0.39 is 0 Å². The molecule has 2 aromatic carbocycles. The third-order valence-electron chi connectivity index (χ3n) is 5.08. The van der Waals surface area contributed by atoms with Crippen LogP contribution in [-0.2, 0) is 6.42 Å². The van der Waals surface area contributed by atoms with Gasteiger partial charge in [-0.15, -0.1) is 11.8 Å². The van der Waals surface area contributed by atoms with Crippen molar-refractivity contribution in [2.45, 2.75) is 24.3 Å². The summed E-state index contributed by atoms with van der Waals surface area (Å²) in [6.07, 6.45) is 3.33. The van der Waals surface area contributed by atoms with Crippen molar-refractivity contribution in [3.63, 3.8) is 0 Å². The average Bonchev–Trinajstić information content (AvgIpc) is 2.63. The van der Waals surface area contributed by atoms with Gasteiger partial charge in [0, 0.05) is 23.4 Å². The number of hydrogen-bond acceptors (Lipinski definition) is 1. The van der Waals surface area contributed by atoms with E-state index in [4.69, 9.17) is 0 Å². The number of piperazine rings is 1. The van der Waals surface area contributed by atoms with E-state index in [-0.39, 0.29) is 24.8 Å². The van der Waals surface area contributed by atoms with Gasteiger partial charge in [0.25, 0.3) is 0 Å². The molecule has 1 aliphatic heterocycles. The number of benzene rings is 2. The zero-order valence-corrected chi connectivity index (χ0v) is 17.3. The van der Waals surface area contributed by atoms with E-state index in [1.165, 1.54) is 48.7 Å². The molecule has 1 atom stereocenters. The SMILES string of the molecule is CSc1ccc([NH+]2CC[NH+](C(C)Cc3ccccc3)CC2)cc1.[Cl-].[Cl-]. The molecule has 2 N–H and O–H groups in total. The molecule has 2 nitrogen and oxygen atoms in total. The van der Waals surface area contributed by atoms with E-state index in [0.29, 0.717) is 6.04 Å². The lowest BCUT2D eigenvalue weighted by molar-refractivity contribution is -1.000. The highest BCUT2D eigenvalue weighted by Gasteiger charge is 2.27. The lowest BCUT2D eigenvalue weighted by atomic mass is 10.1. The van der Waals surface area contributed by atoms with E-state index in [2.05, 4.69) is 67.8 Å². The Morgan fingerprint density at radius 1 is 0.880 bits per heavy atom. The summed E-state index contributed by atoms with van der Waals surface area (Å²) in [5.41, 5.74) is 2.92. The molecule has 0 aromatic heterocycles. The van der Waals surface area contributed by atoms with Gasteiger partial charge in [0.2, 0.25) is 0 Å². The fourth-order valence-corrected chi connectivity index (χ4v) is 4.00. The molecule has 0 radical (unpaired) electrons. The Kier molecular flexibility index (Phi) is 9.91. The van der Waals surface area contributed by atoms with Gasteiger partial charge in [-0.3, -0.25) is 4.90 Å². The van der Waals surface area contributed by atoms with Gasteiger partial charge in [-0.1, -0.05) is 30.3 Å². The molecule has 1 unspecified atom stereocenters. The number of quaternary nitrogens is 2. The molecule has 5 heteroatoms. The number of rotatable bonds is 5. The smallest absolute Gasteiger partial charge is 0.132 e. The topological polar surface area (TPSA) is 8.88 Å². The van der Waals surface area contributed by atoms with Gasteiger partial charge in [0.15, 0.2) is 0 Å². The molecule has 3 rings (SSSR count). The standard InChI is InChI=1S/C20H26N2S.2ClH/c1-17(16-18-6-4-3-5-7-18)21-12-14-22(15-13-21)19-8-10-20(23-2)11-9-19;;/h3-11,17H,12-16H2,1-2H3;2*1H. The maximum atomic E-state index is 2.40. The fraction of sp³-hybridized carbons (Fsp3) is 0.400. The lowest BCUT2D eigenvalue weighted by Gasteiger charge is -2.33. The zero-order valence-electron chi connectivity index (χ0n) is 15.0. The number of hydrogen-bond donors (Lipinski definition) is 2. The van der Waals surface area contributed by atoms with Gasteiger partial charge in [-0.2, -0.15) is 0 Å². The first-order chi connectivity index (χ1) is 11.3. The Bertz CT molecular complexity index is 599. The quantitative estimate of drug-likeness (QED) is 0.482. The highest BCUT2D eigenvalue weighted by atomic mass is 35.5. The predicted molar refractivity (Wildman–Crippen MR) is 98.9 cm³/mol. The van der Waals surface area contributed by atoms with Crippen LogP contribution in [0.1, 0.15) is 12.5 Å². The van der Waals surface area contributed by atoms with Gasteiger partial charge < -0.3 is 29.7 Å². The van der Waals surface area contributed by atoms with Crippen LogP contribution in [0, 0.1) is 0 Å². The maximum absolute atomic E-state index is 2.40. The van der Waals surface area contributed by atoms with Crippen molar-refractivity contribution in [2.24, 2.45) is 0 Å². The van der Waals surface area contributed by atoms with Crippen molar-refractivity contribution < 1.29 is 34.6 Å². The molecular weight excluding hydrogens is 371 g/mol. The van der Waals surface area contributed by atoms with E-state index in [9.17, 15) is 0 Å². The Hall–Kier alpha value is -0.710. The first kappa shape index (κ1) is 22.3. The van der Waals surface area contributed by atoms with Crippen molar-refractivity contribution in [1.82, 2.24) is 0 Å². The molecule has 0 spiro atoms. The molecule has 0 aliphatic carbocycles. The third kappa shape index (κ3) is 6.19. The van der Waals surface area contributed by atoms with Crippen LogP contribution in [-0.4, -0.2) is 38.5 Å². The minimum Gasteiger partial charge on any atom is -1.00 e. The van der Waals surface area contributed by atoms with Crippen LogP contribution >= 0.6 is 11.8 Å². The average molecular weight is 399 g/mol. The summed E-state index contributed by atoms with van der Waals surface area (Å²) >= 11 is 1.82. The summed E-state index contributed by atoms with van der Waals surface area (Å²) in [7, 11) is 0. The Labute approximate surface area is 168 Å². The van der Waals surface area contributed by atoms with Gasteiger partial charge in [-0.25, -0.2) is 0 Å². The van der Waals surface area contributed by atoms with Crippen molar-refractivity contribution in [1.29, 1.82) is 0 Å². The second kappa shape index (κ2) is 11.1. The monoisotopic (exact) mass is 398 g/mol. The van der Waals surface area contributed by atoms with Crippen LogP contribution in [0.15, 0.2) is 59.5 Å².